The Labute approximate surface area is 92.7 Å². The van der Waals surface area contributed by atoms with Gasteiger partial charge >= 0.3 is 6.18 Å². The molecular weight excluding hydrogens is 215 g/mol. The summed E-state index contributed by atoms with van der Waals surface area (Å²) >= 11 is 0. The highest BCUT2D eigenvalue weighted by atomic mass is 19.4. The van der Waals surface area contributed by atoms with Gasteiger partial charge in [0.2, 0.25) is 0 Å². The van der Waals surface area contributed by atoms with E-state index < -0.39 is 11.6 Å². The Morgan fingerprint density at radius 3 is 2.25 bits per heavy atom. The number of benzene rings is 1. The first-order chi connectivity index (χ1) is 7.54. The first-order valence-electron chi connectivity index (χ1n) is 5.35. The first-order valence-corrected chi connectivity index (χ1v) is 5.35. The van der Waals surface area contributed by atoms with Crippen LogP contribution in [0.1, 0.15) is 18.4 Å². The Morgan fingerprint density at radius 2 is 1.75 bits per heavy atom. The highest BCUT2D eigenvalue weighted by Gasteiger charge is 2.62. The summed E-state index contributed by atoms with van der Waals surface area (Å²) in [6, 6.07) is 9.46. The molecule has 0 unspecified atom stereocenters. The predicted molar refractivity (Wildman–Crippen MR) is 55.9 cm³/mol. The van der Waals surface area contributed by atoms with Crippen molar-refractivity contribution in [3.63, 3.8) is 0 Å². The van der Waals surface area contributed by atoms with E-state index in [9.17, 15) is 13.2 Å². The Morgan fingerprint density at radius 1 is 1.12 bits per heavy atom. The summed E-state index contributed by atoms with van der Waals surface area (Å²) < 4.78 is 37.7. The molecule has 0 radical (unpaired) electrons. The summed E-state index contributed by atoms with van der Waals surface area (Å²) in [5.74, 6) is 0. The molecule has 0 aliphatic heterocycles. The minimum atomic E-state index is -4.06. The van der Waals surface area contributed by atoms with Gasteiger partial charge in [0.1, 0.15) is 0 Å². The van der Waals surface area contributed by atoms with E-state index in [1.165, 1.54) is 0 Å². The molecule has 0 spiro atoms. The molecule has 0 atom stereocenters. The molecule has 1 fully saturated rings. The second-order valence-corrected chi connectivity index (χ2v) is 4.37. The van der Waals surface area contributed by atoms with Gasteiger partial charge in [0.25, 0.3) is 0 Å². The first kappa shape index (κ1) is 11.5. The third kappa shape index (κ3) is 2.38. The van der Waals surface area contributed by atoms with Crippen LogP contribution in [0, 0.1) is 5.41 Å². The molecular formula is C12H14F3N. The van der Waals surface area contributed by atoms with Crippen molar-refractivity contribution in [2.45, 2.75) is 25.6 Å². The highest BCUT2D eigenvalue weighted by Crippen LogP contribution is 2.57. The molecule has 0 saturated heterocycles. The Bertz CT molecular complexity index is 341. The van der Waals surface area contributed by atoms with Crippen LogP contribution in [0.25, 0.3) is 0 Å². The van der Waals surface area contributed by atoms with Crippen molar-refractivity contribution in [3.8, 4) is 0 Å². The molecule has 88 valence electrons. The molecule has 0 heterocycles. The molecule has 1 aromatic rings. The van der Waals surface area contributed by atoms with Gasteiger partial charge < -0.3 is 5.32 Å². The molecule has 1 aliphatic rings. The fraction of sp³-hybridized carbons (Fsp3) is 0.500. The maximum Gasteiger partial charge on any atom is 0.395 e. The normalized spacial score (nSPS) is 18.4. The molecule has 0 bridgehead atoms. The summed E-state index contributed by atoms with van der Waals surface area (Å²) in [6.45, 7) is 0.532. The van der Waals surface area contributed by atoms with E-state index in [1.54, 1.807) is 0 Å². The van der Waals surface area contributed by atoms with E-state index >= 15 is 0 Å². The van der Waals surface area contributed by atoms with Crippen LogP contribution in [0.3, 0.4) is 0 Å². The molecule has 2 rings (SSSR count). The van der Waals surface area contributed by atoms with Gasteiger partial charge in [-0.25, -0.2) is 0 Å². The summed E-state index contributed by atoms with van der Waals surface area (Å²) in [5.41, 5.74) is -0.428. The molecule has 1 aliphatic carbocycles. The predicted octanol–water partition coefficient (Wildman–Crippen LogP) is 3.12. The zero-order chi connectivity index (χ0) is 11.6. The topological polar surface area (TPSA) is 12.0 Å². The lowest BCUT2D eigenvalue weighted by Gasteiger charge is -2.19. The van der Waals surface area contributed by atoms with Crippen molar-refractivity contribution in [3.05, 3.63) is 35.9 Å². The monoisotopic (exact) mass is 229 g/mol. The zero-order valence-electron chi connectivity index (χ0n) is 8.85. The van der Waals surface area contributed by atoms with Crippen LogP contribution < -0.4 is 5.32 Å². The number of rotatable bonds is 4. The second-order valence-electron chi connectivity index (χ2n) is 4.37. The van der Waals surface area contributed by atoms with E-state index in [0.717, 1.165) is 5.56 Å². The Balaban J connectivity index is 1.81. The minimum absolute atomic E-state index is 0.0331. The number of hydrogen-bond acceptors (Lipinski definition) is 1. The lowest BCUT2D eigenvalue weighted by Crippen LogP contribution is -2.35. The minimum Gasteiger partial charge on any atom is -0.312 e. The Hall–Kier alpha value is -1.03. The molecule has 1 N–H and O–H groups in total. The van der Waals surface area contributed by atoms with Crippen LogP contribution in [0.2, 0.25) is 0 Å². The average molecular weight is 229 g/mol. The van der Waals surface area contributed by atoms with Crippen molar-refractivity contribution < 1.29 is 13.2 Å². The standard InChI is InChI=1S/C12H14F3N/c13-12(14,15)11(6-7-11)9-16-8-10-4-2-1-3-5-10/h1-5,16H,6-9H2. The van der Waals surface area contributed by atoms with E-state index in [0.29, 0.717) is 6.54 Å². The van der Waals surface area contributed by atoms with Crippen LogP contribution in [0.5, 0.6) is 0 Å². The number of halogens is 3. The maximum absolute atomic E-state index is 12.6. The van der Waals surface area contributed by atoms with E-state index in [1.807, 2.05) is 30.3 Å². The van der Waals surface area contributed by atoms with E-state index in [2.05, 4.69) is 5.32 Å². The van der Waals surface area contributed by atoms with E-state index in [4.69, 9.17) is 0 Å². The van der Waals surface area contributed by atoms with Gasteiger partial charge in [-0.3, -0.25) is 0 Å². The van der Waals surface area contributed by atoms with Crippen LogP contribution in [-0.2, 0) is 6.54 Å². The van der Waals surface area contributed by atoms with Gasteiger partial charge in [0.05, 0.1) is 5.41 Å². The zero-order valence-corrected chi connectivity index (χ0v) is 8.85. The van der Waals surface area contributed by atoms with Crippen LogP contribution in [-0.4, -0.2) is 12.7 Å². The summed E-state index contributed by atoms with van der Waals surface area (Å²) in [7, 11) is 0. The van der Waals surface area contributed by atoms with Gasteiger partial charge in [0, 0.05) is 13.1 Å². The highest BCUT2D eigenvalue weighted by molar-refractivity contribution is 5.14. The van der Waals surface area contributed by atoms with Crippen molar-refractivity contribution in [1.82, 2.24) is 5.32 Å². The van der Waals surface area contributed by atoms with Crippen molar-refractivity contribution in [2.75, 3.05) is 6.54 Å². The van der Waals surface area contributed by atoms with Gasteiger partial charge in [0.15, 0.2) is 0 Å². The fourth-order valence-corrected chi connectivity index (χ4v) is 1.75. The SMILES string of the molecule is FC(F)(F)C1(CNCc2ccccc2)CC1. The number of hydrogen-bond donors (Lipinski definition) is 1. The number of alkyl halides is 3. The van der Waals surface area contributed by atoms with E-state index in [-0.39, 0.29) is 19.4 Å². The summed E-state index contributed by atoms with van der Waals surface area (Å²) in [5, 5.41) is 2.89. The molecule has 0 aromatic heterocycles. The Kier molecular flexibility index (Phi) is 2.93. The van der Waals surface area contributed by atoms with Crippen molar-refractivity contribution >= 4 is 0 Å². The van der Waals surface area contributed by atoms with Crippen LogP contribution in [0.4, 0.5) is 13.2 Å². The van der Waals surface area contributed by atoms with Crippen LogP contribution >= 0.6 is 0 Å². The average Bonchev–Trinajstić information content (AvgIpc) is 3.00. The molecule has 1 saturated carbocycles. The van der Waals surface area contributed by atoms with Gasteiger partial charge in [-0.1, -0.05) is 30.3 Å². The molecule has 4 heteroatoms. The number of nitrogens with one attached hydrogen (secondary N) is 1. The van der Waals surface area contributed by atoms with Crippen molar-refractivity contribution in [1.29, 1.82) is 0 Å². The summed E-state index contributed by atoms with van der Waals surface area (Å²) in [4.78, 5) is 0. The van der Waals surface area contributed by atoms with Gasteiger partial charge in [-0.05, 0) is 18.4 Å². The molecule has 0 amide bonds. The fourth-order valence-electron chi connectivity index (χ4n) is 1.75. The lowest BCUT2D eigenvalue weighted by molar-refractivity contribution is -0.185. The quantitative estimate of drug-likeness (QED) is 0.836. The molecule has 1 nitrogen and oxygen atoms in total. The molecule has 1 aromatic carbocycles. The summed E-state index contributed by atoms with van der Waals surface area (Å²) in [6.07, 6.45) is -3.53. The van der Waals surface area contributed by atoms with Crippen molar-refractivity contribution in [2.24, 2.45) is 5.41 Å². The molecule has 16 heavy (non-hydrogen) atoms. The lowest BCUT2D eigenvalue weighted by atomic mass is 10.1. The maximum atomic E-state index is 12.6. The van der Waals surface area contributed by atoms with Gasteiger partial charge in [-0.2, -0.15) is 13.2 Å². The smallest absolute Gasteiger partial charge is 0.312 e. The van der Waals surface area contributed by atoms with Gasteiger partial charge in [-0.15, -0.1) is 0 Å². The third-order valence-electron chi connectivity index (χ3n) is 3.09. The largest absolute Gasteiger partial charge is 0.395 e. The second kappa shape index (κ2) is 4.09. The van der Waals surface area contributed by atoms with Crippen LogP contribution in [0.15, 0.2) is 30.3 Å². The third-order valence-corrected chi connectivity index (χ3v) is 3.09.